The maximum absolute atomic E-state index is 11.6. The van der Waals surface area contributed by atoms with Crippen LogP contribution in [0.25, 0.3) is 0 Å². The van der Waals surface area contributed by atoms with Crippen LogP contribution in [-0.2, 0) is 16.2 Å². The second kappa shape index (κ2) is 9.58. The van der Waals surface area contributed by atoms with Gasteiger partial charge in [0.25, 0.3) is 0 Å². The molecule has 0 radical (unpaired) electrons. The Hall–Kier alpha value is -2.86. The first kappa shape index (κ1) is 19.5. The van der Waals surface area contributed by atoms with Gasteiger partial charge >= 0.3 is 11.8 Å². The number of carbonyl (C=O) groups is 2. The van der Waals surface area contributed by atoms with E-state index < -0.39 is 11.8 Å². The van der Waals surface area contributed by atoms with Crippen molar-refractivity contribution in [1.29, 1.82) is 0 Å². The summed E-state index contributed by atoms with van der Waals surface area (Å²) in [7, 11) is 0. The maximum Gasteiger partial charge on any atom is 0.329 e. The number of rotatable bonds is 6. The van der Waals surface area contributed by atoms with Gasteiger partial charge in [0.2, 0.25) is 0 Å². The summed E-state index contributed by atoms with van der Waals surface area (Å²) in [4.78, 5) is 23.2. The fourth-order valence-electron chi connectivity index (χ4n) is 2.03. The molecule has 0 saturated heterocycles. The largest absolute Gasteiger partial charge is 0.488 e. The molecule has 2 aromatic rings. The highest BCUT2D eigenvalue weighted by Gasteiger charge is 2.13. The molecular weight excluding hydrogens is 354 g/mol. The van der Waals surface area contributed by atoms with Crippen molar-refractivity contribution in [2.45, 2.75) is 26.5 Å². The van der Waals surface area contributed by atoms with Gasteiger partial charge in [-0.3, -0.25) is 9.59 Å². The molecule has 0 aliphatic heterocycles. The van der Waals surface area contributed by atoms with E-state index in [2.05, 4.69) is 15.8 Å². The van der Waals surface area contributed by atoms with Gasteiger partial charge in [-0.15, -0.1) is 0 Å². The predicted molar refractivity (Wildman–Crippen MR) is 101 cm³/mol. The number of hydrogen-bond acceptors (Lipinski definition) is 4. The van der Waals surface area contributed by atoms with Gasteiger partial charge in [0.05, 0.1) is 6.21 Å². The Morgan fingerprint density at radius 3 is 2.58 bits per heavy atom. The second-order valence-corrected chi connectivity index (χ2v) is 6.22. The van der Waals surface area contributed by atoms with Crippen LogP contribution in [0, 0.1) is 0 Å². The van der Waals surface area contributed by atoms with Crippen molar-refractivity contribution < 1.29 is 14.3 Å². The van der Waals surface area contributed by atoms with Gasteiger partial charge in [0, 0.05) is 16.6 Å². The summed E-state index contributed by atoms with van der Waals surface area (Å²) in [6, 6.07) is 14.7. The summed E-state index contributed by atoms with van der Waals surface area (Å²) in [6.45, 7) is 3.90. The third-order valence-corrected chi connectivity index (χ3v) is 3.44. The third kappa shape index (κ3) is 6.22. The van der Waals surface area contributed by atoms with Crippen LogP contribution in [0.1, 0.15) is 25.0 Å². The van der Waals surface area contributed by atoms with Crippen molar-refractivity contribution in [2.24, 2.45) is 5.10 Å². The molecule has 136 valence electrons. The van der Waals surface area contributed by atoms with E-state index in [9.17, 15) is 9.59 Å². The minimum atomic E-state index is -0.844. The molecule has 0 unspecified atom stereocenters. The lowest BCUT2D eigenvalue weighted by Gasteiger charge is -2.10. The molecule has 0 aliphatic carbocycles. The molecule has 0 aliphatic rings. The minimum absolute atomic E-state index is 0.136. The smallest absolute Gasteiger partial charge is 0.329 e. The highest BCUT2D eigenvalue weighted by atomic mass is 35.5. The van der Waals surface area contributed by atoms with Gasteiger partial charge in [0.1, 0.15) is 12.4 Å². The summed E-state index contributed by atoms with van der Waals surface area (Å²) >= 11 is 6.01. The number of benzene rings is 2. The molecule has 7 heteroatoms. The Labute approximate surface area is 157 Å². The van der Waals surface area contributed by atoms with Crippen LogP contribution in [0.3, 0.4) is 0 Å². The average Bonchev–Trinajstić information content (AvgIpc) is 2.61. The number of amides is 2. The van der Waals surface area contributed by atoms with Gasteiger partial charge in [-0.1, -0.05) is 41.9 Å². The van der Waals surface area contributed by atoms with Crippen LogP contribution in [0.2, 0.25) is 5.02 Å². The monoisotopic (exact) mass is 373 g/mol. The van der Waals surface area contributed by atoms with Crippen LogP contribution in [0.4, 0.5) is 0 Å². The number of nitrogens with one attached hydrogen (secondary N) is 2. The van der Waals surface area contributed by atoms with Crippen LogP contribution >= 0.6 is 11.6 Å². The molecule has 0 aromatic heterocycles. The molecule has 0 saturated carbocycles. The molecule has 0 bridgehead atoms. The first-order chi connectivity index (χ1) is 12.5. The molecule has 26 heavy (non-hydrogen) atoms. The molecule has 2 amide bonds. The van der Waals surface area contributed by atoms with E-state index in [1.165, 1.54) is 6.21 Å². The standard InChI is InChI=1S/C19H20ClN3O3/c1-13(2)22-18(24)19(25)23-21-11-15-10-16(20)8-9-17(15)26-12-14-6-4-3-5-7-14/h3-11,13H,12H2,1-2H3,(H,22,24)(H,23,25)/b21-11-. The van der Waals surface area contributed by atoms with Gasteiger partial charge in [-0.2, -0.15) is 5.10 Å². The van der Waals surface area contributed by atoms with Gasteiger partial charge < -0.3 is 10.1 Å². The number of hydrazone groups is 1. The number of ether oxygens (including phenoxy) is 1. The van der Waals surface area contributed by atoms with E-state index >= 15 is 0 Å². The first-order valence-electron chi connectivity index (χ1n) is 8.06. The average molecular weight is 374 g/mol. The summed E-state index contributed by atoms with van der Waals surface area (Å²) in [6.07, 6.45) is 1.38. The Balaban J connectivity index is 2.02. The lowest BCUT2D eigenvalue weighted by molar-refractivity contribution is -0.139. The Morgan fingerprint density at radius 2 is 1.88 bits per heavy atom. The Kier molecular flexibility index (Phi) is 7.17. The predicted octanol–water partition coefficient (Wildman–Crippen LogP) is 2.89. The molecule has 0 heterocycles. The van der Waals surface area contributed by atoms with Gasteiger partial charge in [-0.05, 0) is 37.6 Å². The molecule has 2 rings (SSSR count). The number of halogens is 1. The molecule has 2 aromatic carbocycles. The molecule has 6 nitrogen and oxygen atoms in total. The fourth-order valence-corrected chi connectivity index (χ4v) is 2.21. The Bertz CT molecular complexity index is 792. The van der Waals surface area contributed by atoms with E-state index in [0.29, 0.717) is 22.9 Å². The maximum atomic E-state index is 11.6. The third-order valence-electron chi connectivity index (χ3n) is 3.20. The number of hydrogen-bond donors (Lipinski definition) is 2. The molecule has 0 spiro atoms. The lowest BCUT2D eigenvalue weighted by Crippen LogP contribution is -2.41. The van der Waals surface area contributed by atoms with Gasteiger partial charge in [0.15, 0.2) is 0 Å². The van der Waals surface area contributed by atoms with Crippen LogP contribution in [-0.4, -0.2) is 24.1 Å². The van der Waals surface area contributed by atoms with Gasteiger partial charge in [-0.25, -0.2) is 5.43 Å². The molecule has 2 N–H and O–H groups in total. The highest BCUT2D eigenvalue weighted by Crippen LogP contribution is 2.22. The normalized spacial score (nSPS) is 10.8. The van der Waals surface area contributed by atoms with Crippen molar-refractivity contribution in [3.63, 3.8) is 0 Å². The summed E-state index contributed by atoms with van der Waals surface area (Å²) in [5.74, 6) is -1.03. The van der Waals surface area contributed by atoms with E-state index in [1.54, 1.807) is 32.0 Å². The summed E-state index contributed by atoms with van der Waals surface area (Å²) < 4.78 is 5.79. The molecular formula is C19H20ClN3O3. The van der Waals surface area contributed by atoms with Crippen molar-refractivity contribution in [3.05, 3.63) is 64.7 Å². The lowest BCUT2D eigenvalue weighted by atomic mass is 10.2. The zero-order chi connectivity index (χ0) is 18.9. The SMILES string of the molecule is CC(C)NC(=O)C(=O)N/N=C\c1cc(Cl)ccc1OCc1ccccc1. The van der Waals surface area contributed by atoms with Crippen molar-refractivity contribution in [1.82, 2.24) is 10.7 Å². The first-order valence-corrected chi connectivity index (χ1v) is 8.43. The molecule has 0 atom stereocenters. The number of carbonyl (C=O) groups excluding carboxylic acids is 2. The summed E-state index contributed by atoms with van der Waals surface area (Å²) in [5.41, 5.74) is 3.78. The topological polar surface area (TPSA) is 79.8 Å². The highest BCUT2D eigenvalue weighted by molar-refractivity contribution is 6.35. The quantitative estimate of drug-likeness (QED) is 0.464. The van der Waals surface area contributed by atoms with E-state index in [4.69, 9.17) is 16.3 Å². The molecule has 0 fully saturated rings. The second-order valence-electron chi connectivity index (χ2n) is 5.78. The van der Waals surface area contributed by atoms with Crippen molar-refractivity contribution >= 4 is 29.6 Å². The summed E-state index contributed by atoms with van der Waals surface area (Å²) in [5, 5.41) is 6.78. The zero-order valence-electron chi connectivity index (χ0n) is 14.5. The van der Waals surface area contributed by atoms with E-state index in [-0.39, 0.29) is 6.04 Å². The number of nitrogens with zero attached hydrogens (tertiary/aromatic N) is 1. The van der Waals surface area contributed by atoms with Crippen LogP contribution in [0.5, 0.6) is 5.75 Å². The van der Waals surface area contributed by atoms with E-state index in [1.807, 2.05) is 30.3 Å². The Morgan fingerprint density at radius 1 is 1.15 bits per heavy atom. The minimum Gasteiger partial charge on any atom is -0.488 e. The van der Waals surface area contributed by atoms with Crippen molar-refractivity contribution in [2.75, 3.05) is 0 Å². The zero-order valence-corrected chi connectivity index (χ0v) is 15.3. The van der Waals surface area contributed by atoms with Crippen LogP contribution < -0.4 is 15.5 Å². The van der Waals surface area contributed by atoms with E-state index in [0.717, 1.165) is 5.56 Å². The van der Waals surface area contributed by atoms with Crippen LogP contribution in [0.15, 0.2) is 53.6 Å². The van der Waals surface area contributed by atoms with Crippen molar-refractivity contribution in [3.8, 4) is 5.75 Å². The fraction of sp³-hybridized carbons (Fsp3) is 0.211.